The van der Waals surface area contributed by atoms with Crippen molar-refractivity contribution < 1.29 is 9.47 Å². The van der Waals surface area contributed by atoms with Gasteiger partial charge in [-0.3, -0.25) is 0 Å². The molecular formula is C13H27N3O2. The molecule has 5 nitrogen and oxygen atoms in total. The van der Waals surface area contributed by atoms with E-state index in [0.29, 0.717) is 6.54 Å². The van der Waals surface area contributed by atoms with Gasteiger partial charge >= 0.3 is 0 Å². The van der Waals surface area contributed by atoms with Crippen LogP contribution in [0.2, 0.25) is 0 Å². The Bertz CT molecular complexity index is 206. The molecule has 0 amide bonds. The lowest BCUT2D eigenvalue weighted by Crippen LogP contribution is -2.01. The highest BCUT2D eigenvalue weighted by atomic mass is 16.5. The molecular weight excluding hydrogens is 230 g/mol. The monoisotopic (exact) mass is 257 g/mol. The Hall–Kier alpha value is -0.770. The molecule has 0 aliphatic carbocycles. The molecule has 0 bridgehead atoms. The van der Waals surface area contributed by atoms with Gasteiger partial charge in [-0.05, 0) is 31.7 Å². The summed E-state index contributed by atoms with van der Waals surface area (Å²) in [6, 6.07) is 0. The predicted octanol–water partition coefficient (Wildman–Crippen LogP) is 4.08. The maximum Gasteiger partial charge on any atom is 0.0487 e. The lowest BCUT2D eigenvalue weighted by Gasteiger charge is -2.04. The quantitative estimate of drug-likeness (QED) is 0.204. The molecule has 0 fully saturated rings. The Balaban J connectivity index is 2.92. The van der Waals surface area contributed by atoms with Crippen LogP contribution in [0.15, 0.2) is 5.11 Å². The van der Waals surface area contributed by atoms with Crippen LogP contribution >= 0.6 is 0 Å². The summed E-state index contributed by atoms with van der Waals surface area (Å²) in [5, 5.41) is 3.51. The fraction of sp³-hybridized carbons (Fsp3) is 1.00. The Labute approximate surface area is 110 Å². The molecule has 0 aromatic rings. The van der Waals surface area contributed by atoms with Crippen molar-refractivity contribution in [2.45, 2.75) is 51.9 Å². The zero-order valence-electron chi connectivity index (χ0n) is 11.6. The summed E-state index contributed by atoms with van der Waals surface area (Å²) in [5.41, 5.74) is 8.09. The van der Waals surface area contributed by atoms with E-state index in [1.54, 1.807) is 0 Å². The average molecular weight is 257 g/mol. The molecule has 0 spiro atoms. The Morgan fingerprint density at radius 1 is 0.833 bits per heavy atom. The topological polar surface area (TPSA) is 67.2 Å². The first-order valence-corrected chi connectivity index (χ1v) is 7.08. The third kappa shape index (κ3) is 15.2. The molecule has 0 heterocycles. The van der Waals surface area contributed by atoms with Crippen molar-refractivity contribution in [3.05, 3.63) is 10.4 Å². The highest BCUT2D eigenvalue weighted by Gasteiger charge is 1.92. The van der Waals surface area contributed by atoms with Gasteiger partial charge in [0.25, 0.3) is 0 Å². The van der Waals surface area contributed by atoms with E-state index in [2.05, 4.69) is 10.0 Å². The van der Waals surface area contributed by atoms with Crippen LogP contribution in [-0.4, -0.2) is 33.0 Å². The van der Waals surface area contributed by atoms with Gasteiger partial charge < -0.3 is 9.47 Å². The van der Waals surface area contributed by atoms with Crippen LogP contribution in [0.1, 0.15) is 51.9 Å². The number of rotatable bonds is 14. The van der Waals surface area contributed by atoms with E-state index < -0.39 is 0 Å². The summed E-state index contributed by atoms with van der Waals surface area (Å²) in [7, 11) is 0. The first kappa shape index (κ1) is 17.2. The van der Waals surface area contributed by atoms with Crippen LogP contribution in [0.25, 0.3) is 10.4 Å². The maximum atomic E-state index is 8.09. The summed E-state index contributed by atoms with van der Waals surface area (Å²) >= 11 is 0. The van der Waals surface area contributed by atoms with Crippen molar-refractivity contribution in [1.29, 1.82) is 0 Å². The highest BCUT2D eigenvalue weighted by molar-refractivity contribution is 4.49. The van der Waals surface area contributed by atoms with Crippen molar-refractivity contribution in [2.24, 2.45) is 5.11 Å². The summed E-state index contributed by atoms with van der Waals surface area (Å²) < 4.78 is 10.7. The summed E-state index contributed by atoms with van der Waals surface area (Å²) in [4.78, 5) is 2.73. The van der Waals surface area contributed by atoms with E-state index in [1.165, 1.54) is 19.3 Å². The Kier molecular flexibility index (Phi) is 15.5. The van der Waals surface area contributed by atoms with Crippen LogP contribution in [0.4, 0.5) is 0 Å². The van der Waals surface area contributed by atoms with Gasteiger partial charge in [-0.15, -0.1) is 0 Å². The van der Waals surface area contributed by atoms with E-state index in [1.807, 2.05) is 6.92 Å². The minimum Gasteiger partial charge on any atom is -0.382 e. The minimum atomic E-state index is 0.638. The molecule has 0 N–H and O–H groups in total. The molecule has 0 saturated carbocycles. The third-order valence-corrected chi connectivity index (χ3v) is 2.64. The molecule has 0 unspecified atom stereocenters. The SMILES string of the molecule is CCOCCCOCCCCCCCCN=[N+]=[N-]. The van der Waals surface area contributed by atoms with E-state index in [0.717, 1.165) is 52.1 Å². The van der Waals surface area contributed by atoms with Crippen molar-refractivity contribution in [2.75, 3.05) is 33.0 Å². The maximum absolute atomic E-state index is 8.09. The van der Waals surface area contributed by atoms with E-state index in [4.69, 9.17) is 15.0 Å². The third-order valence-electron chi connectivity index (χ3n) is 2.64. The smallest absolute Gasteiger partial charge is 0.0487 e. The van der Waals surface area contributed by atoms with Crippen LogP contribution in [0, 0.1) is 0 Å². The molecule has 0 radical (unpaired) electrons. The molecule has 0 atom stereocenters. The van der Waals surface area contributed by atoms with E-state index in [9.17, 15) is 0 Å². The molecule has 5 heteroatoms. The second-order valence-corrected chi connectivity index (χ2v) is 4.24. The standard InChI is InChI=1S/C13H27N3O2/c1-2-17-12-9-13-18-11-8-6-4-3-5-7-10-15-16-14/h2-13H2,1H3. The fourth-order valence-corrected chi connectivity index (χ4v) is 1.65. The van der Waals surface area contributed by atoms with Crippen LogP contribution in [-0.2, 0) is 9.47 Å². The van der Waals surface area contributed by atoms with Gasteiger partial charge in [0.1, 0.15) is 0 Å². The van der Waals surface area contributed by atoms with Crippen molar-refractivity contribution in [3.63, 3.8) is 0 Å². The van der Waals surface area contributed by atoms with Gasteiger partial charge in [-0.1, -0.05) is 30.8 Å². The van der Waals surface area contributed by atoms with Gasteiger partial charge in [-0.2, -0.15) is 0 Å². The van der Waals surface area contributed by atoms with E-state index >= 15 is 0 Å². The largest absolute Gasteiger partial charge is 0.382 e. The van der Waals surface area contributed by atoms with Crippen molar-refractivity contribution >= 4 is 0 Å². The number of ether oxygens (including phenoxy) is 2. The molecule has 0 saturated heterocycles. The normalized spacial score (nSPS) is 10.3. The lowest BCUT2D eigenvalue weighted by molar-refractivity contribution is 0.0860. The van der Waals surface area contributed by atoms with Gasteiger partial charge in [0.05, 0.1) is 0 Å². The first-order chi connectivity index (χ1) is 8.91. The van der Waals surface area contributed by atoms with Crippen LogP contribution in [0.5, 0.6) is 0 Å². The zero-order valence-corrected chi connectivity index (χ0v) is 11.6. The molecule has 106 valence electrons. The molecule has 0 aromatic carbocycles. The second-order valence-electron chi connectivity index (χ2n) is 4.24. The molecule has 0 aromatic heterocycles. The minimum absolute atomic E-state index is 0.638. The number of hydrogen-bond acceptors (Lipinski definition) is 3. The van der Waals surface area contributed by atoms with Crippen LogP contribution in [0.3, 0.4) is 0 Å². The predicted molar refractivity (Wildman–Crippen MR) is 73.6 cm³/mol. The summed E-state index contributed by atoms with van der Waals surface area (Å²) in [5.74, 6) is 0. The molecule has 18 heavy (non-hydrogen) atoms. The van der Waals surface area contributed by atoms with Crippen molar-refractivity contribution in [1.82, 2.24) is 0 Å². The second kappa shape index (κ2) is 16.2. The Morgan fingerprint density at radius 3 is 2.17 bits per heavy atom. The van der Waals surface area contributed by atoms with Crippen molar-refractivity contribution in [3.8, 4) is 0 Å². The lowest BCUT2D eigenvalue weighted by atomic mass is 10.1. The number of nitrogens with zero attached hydrogens (tertiary/aromatic N) is 3. The number of hydrogen-bond donors (Lipinski definition) is 0. The van der Waals surface area contributed by atoms with Gasteiger partial charge in [0, 0.05) is 37.9 Å². The average Bonchev–Trinajstić information content (AvgIpc) is 2.39. The Morgan fingerprint density at radius 2 is 1.44 bits per heavy atom. The fourth-order valence-electron chi connectivity index (χ4n) is 1.65. The highest BCUT2D eigenvalue weighted by Crippen LogP contribution is 2.05. The van der Waals surface area contributed by atoms with Gasteiger partial charge in [-0.25, -0.2) is 0 Å². The van der Waals surface area contributed by atoms with Gasteiger partial charge in [0.15, 0.2) is 0 Å². The first-order valence-electron chi connectivity index (χ1n) is 7.08. The number of azide groups is 1. The zero-order chi connectivity index (χ0) is 13.3. The van der Waals surface area contributed by atoms with Gasteiger partial charge in [0.2, 0.25) is 0 Å². The summed E-state index contributed by atoms with van der Waals surface area (Å²) in [6.07, 6.45) is 8.02. The molecule has 0 aliphatic rings. The van der Waals surface area contributed by atoms with Crippen LogP contribution < -0.4 is 0 Å². The molecule has 0 rings (SSSR count). The number of unbranched alkanes of at least 4 members (excludes halogenated alkanes) is 5. The summed E-state index contributed by atoms with van der Waals surface area (Å²) in [6.45, 7) is 5.92. The molecule has 0 aliphatic heterocycles. The van der Waals surface area contributed by atoms with E-state index in [-0.39, 0.29) is 0 Å².